The van der Waals surface area contributed by atoms with Crippen LogP contribution in [0.1, 0.15) is 5.56 Å². The minimum absolute atomic E-state index is 0.288. The molecule has 5 rings (SSSR count). The molecule has 2 aromatic heterocycles. The molecule has 0 spiro atoms. The number of aliphatic imine (C=N–C) groups is 1. The molecule has 6 heteroatoms. The van der Waals surface area contributed by atoms with Crippen molar-refractivity contribution in [2.24, 2.45) is 12.0 Å². The first kappa shape index (κ1) is 16.1. The molecule has 3 heterocycles. The number of fused-ring (bicyclic) bond motifs is 4. The molecule has 0 unspecified atom stereocenters. The maximum atomic E-state index is 15.0. The molecule has 0 fully saturated rings. The number of aryl methyl sites for hydroxylation is 2. The summed E-state index contributed by atoms with van der Waals surface area (Å²) in [6.07, 6.45) is 3.64. The van der Waals surface area contributed by atoms with E-state index >= 15 is 0 Å². The highest BCUT2D eigenvalue weighted by Gasteiger charge is 2.18. The van der Waals surface area contributed by atoms with E-state index < -0.39 is 0 Å². The summed E-state index contributed by atoms with van der Waals surface area (Å²) in [5.41, 5.74) is 2.73. The number of amidine groups is 1. The molecular weight excluding hydrogens is 343 g/mol. The van der Waals surface area contributed by atoms with Crippen LogP contribution in [0.15, 0.2) is 41.7 Å². The molecule has 0 saturated heterocycles. The van der Waals surface area contributed by atoms with Gasteiger partial charge in [-0.25, -0.2) is 4.39 Å². The Morgan fingerprint density at radius 3 is 2.85 bits per heavy atom. The number of benzene rings is 2. The summed E-state index contributed by atoms with van der Waals surface area (Å²) in [5.74, 6) is 1.03. The van der Waals surface area contributed by atoms with Gasteiger partial charge in [0, 0.05) is 48.2 Å². The number of hydrogen-bond acceptors (Lipinski definition) is 4. The quantitative estimate of drug-likeness (QED) is 0.604. The molecule has 0 aliphatic carbocycles. The van der Waals surface area contributed by atoms with E-state index in [1.807, 2.05) is 29.9 Å². The molecule has 0 atom stereocenters. The van der Waals surface area contributed by atoms with Gasteiger partial charge in [0.15, 0.2) is 5.82 Å². The third-order valence-electron chi connectivity index (χ3n) is 5.28. The van der Waals surface area contributed by atoms with E-state index in [2.05, 4.69) is 28.3 Å². The monoisotopic (exact) mass is 362 g/mol. The van der Waals surface area contributed by atoms with Crippen molar-refractivity contribution in [1.29, 1.82) is 0 Å². The van der Waals surface area contributed by atoms with Crippen LogP contribution in [0.3, 0.4) is 0 Å². The average molecular weight is 362 g/mol. The van der Waals surface area contributed by atoms with E-state index in [4.69, 9.17) is 4.74 Å². The number of hydrogen-bond donors (Lipinski definition) is 1. The van der Waals surface area contributed by atoms with E-state index in [1.54, 1.807) is 6.20 Å². The van der Waals surface area contributed by atoms with Crippen molar-refractivity contribution in [3.05, 3.63) is 48.0 Å². The van der Waals surface area contributed by atoms with Gasteiger partial charge in [-0.15, -0.1) is 0 Å². The Morgan fingerprint density at radius 1 is 1.19 bits per heavy atom. The Balaban J connectivity index is 1.72. The maximum absolute atomic E-state index is 15.0. The molecule has 0 bridgehead atoms. The number of pyridine rings is 1. The van der Waals surface area contributed by atoms with E-state index in [-0.39, 0.29) is 5.82 Å². The minimum Gasteiger partial charge on any atom is -0.486 e. The summed E-state index contributed by atoms with van der Waals surface area (Å²) in [6, 6.07) is 7.45. The van der Waals surface area contributed by atoms with Gasteiger partial charge in [-0.1, -0.05) is 0 Å². The van der Waals surface area contributed by atoms with Crippen LogP contribution in [0.25, 0.3) is 32.6 Å². The Kier molecular flexibility index (Phi) is 3.53. The molecule has 2 aromatic carbocycles. The fourth-order valence-electron chi connectivity index (χ4n) is 4.07. The summed E-state index contributed by atoms with van der Waals surface area (Å²) in [6.45, 7) is 3.98. The van der Waals surface area contributed by atoms with Gasteiger partial charge in [-0.2, -0.15) is 0 Å². The molecule has 136 valence electrons. The lowest BCUT2D eigenvalue weighted by Gasteiger charge is -2.08. The Bertz CT molecular complexity index is 1240. The summed E-state index contributed by atoms with van der Waals surface area (Å²) in [4.78, 5) is 8.54. The zero-order chi connectivity index (χ0) is 18.5. The first-order valence-corrected chi connectivity index (χ1v) is 8.98. The number of ether oxygens (including phenoxy) is 1. The van der Waals surface area contributed by atoms with Gasteiger partial charge in [0.05, 0.1) is 17.6 Å². The first-order valence-electron chi connectivity index (χ1n) is 8.98. The van der Waals surface area contributed by atoms with Gasteiger partial charge < -0.3 is 14.6 Å². The Hall–Kier alpha value is -3.15. The number of nitrogens with one attached hydrogen (secondary N) is 1. The lowest BCUT2D eigenvalue weighted by Crippen LogP contribution is -2.24. The summed E-state index contributed by atoms with van der Waals surface area (Å²) in [5, 5.41) is 7.19. The van der Waals surface area contributed by atoms with Crippen molar-refractivity contribution in [1.82, 2.24) is 14.9 Å². The summed E-state index contributed by atoms with van der Waals surface area (Å²) in [7, 11) is 1.91. The second-order valence-corrected chi connectivity index (χ2v) is 6.90. The highest BCUT2D eigenvalue weighted by molar-refractivity contribution is 6.14. The summed E-state index contributed by atoms with van der Waals surface area (Å²) < 4.78 is 22.7. The van der Waals surface area contributed by atoms with Crippen molar-refractivity contribution >= 4 is 38.4 Å². The Labute approximate surface area is 155 Å². The van der Waals surface area contributed by atoms with E-state index in [9.17, 15) is 4.39 Å². The minimum atomic E-state index is -0.288. The summed E-state index contributed by atoms with van der Waals surface area (Å²) >= 11 is 0. The molecule has 27 heavy (non-hydrogen) atoms. The molecule has 0 radical (unpaired) electrons. The molecule has 0 saturated carbocycles. The van der Waals surface area contributed by atoms with Crippen molar-refractivity contribution in [2.75, 3.05) is 19.7 Å². The lowest BCUT2D eigenvalue weighted by atomic mass is 10.0. The van der Waals surface area contributed by atoms with Crippen LogP contribution in [0, 0.1) is 12.7 Å². The average Bonchev–Trinajstić information content (AvgIpc) is 3.28. The fourth-order valence-corrected chi connectivity index (χ4v) is 4.07. The van der Waals surface area contributed by atoms with Crippen molar-refractivity contribution in [3.8, 4) is 5.75 Å². The van der Waals surface area contributed by atoms with Gasteiger partial charge >= 0.3 is 0 Å². The molecule has 1 aliphatic heterocycles. The third kappa shape index (κ3) is 2.44. The van der Waals surface area contributed by atoms with Gasteiger partial charge in [0.2, 0.25) is 0 Å². The van der Waals surface area contributed by atoms with Crippen LogP contribution in [0.2, 0.25) is 0 Å². The van der Waals surface area contributed by atoms with Crippen molar-refractivity contribution in [3.63, 3.8) is 0 Å². The van der Waals surface area contributed by atoms with Gasteiger partial charge in [-0.3, -0.25) is 9.98 Å². The maximum Gasteiger partial charge on any atom is 0.151 e. The highest BCUT2D eigenvalue weighted by Crippen LogP contribution is 2.37. The smallest absolute Gasteiger partial charge is 0.151 e. The van der Waals surface area contributed by atoms with Crippen molar-refractivity contribution in [2.45, 2.75) is 6.92 Å². The van der Waals surface area contributed by atoms with Crippen LogP contribution < -0.4 is 10.1 Å². The van der Waals surface area contributed by atoms with Gasteiger partial charge in [0.1, 0.15) is 18.2 Å². The molecule has 1 N–H and O–H groups in total. The SMILES string of the molecule is Cc1c2ccncc2cc2c3cc(OCC4=NCCN4)cc(F)c3n(C)c12. The largest absolute Gasteiger partial charge is 0.486 e. The third-order valence-corrected chi connectivity index (χ3v) is 5.28. The predicted octanol–water partition coefficient (Wildman–Crippen LogP) is 3.71. The van der Waals surface area contributed by atoms with E-state index in [0.29, 0.717) is 17.9 Å². The van der Waals surface area contributed by atoms with Crippen LogP contribution in [0.4, 0.5) is 4.39 Å². The van der Waals surface area contributed by atoms with Gasteiger partial charge in [0.25, 0.3) is 0 Å². The Morgan fingerprint density at radius 2 is 2.04 bits per heavy atom. The van der Waals surface area contributed by atoms with E-state index in [0.717, 1.165) is 51.6 Å². The second kappa shape index (κ2) is 5.94. The normalized spacial score (nSPS) is 14.1. The highest BCUT2D eigenvalue weighted by atomic mass is 19.1. The van der Waals surface area contributed by atoms with Crippen LogP contribution >= 0.6 is 0 Å². The predicted molar refractivity (Wildman–Crippen MR) is 106 cm³/mol. The molecule has 5 nitrogen and oxygen atoms in total. The molecule has 4 aromatic rings. The molecule has 1 aliphatic rings. The van der Waals surface area contributed by atoms with E-state index in [1.165, 1.54) is 6.07 Å². The van der Waals surface area contributed by atoms with Crippen LogP contribution in [0.5, 0.6) is 5.75 Å². The van der Waals surface area contributed by atoms with Crippen LogP contribution in [-0.4, -0.2) is 35.1 Å². The van der Waals surface area contributed by atoms with Crippen LogP contribution in [-0.2, 0) is 7.05 Å². The fraction of sp³-hybridized carbons (Fsp3) is 0.238. The number of rotatable bonds is 3. The topological polar surface area (TPSA) is 51.4 Å². The lowest BCUT2D eigenvalue weighted by molar-refractivity contribution is 0.372. The van der Waals surface area contributed by atoms with Crippen molar-refractivity contribution < 1.29 is 9.13 Å². The zero-order valence-corrected chi connectivity index (χ0v) is 15.2. The number of nitrogens with zero attached hydrogens (tertiary/aromatic N) is 3. The number of halogens is 1. The molecular formula is C21H19FN4O. The van der Waals surface area contributed by atoms with Gasteiger partial charge in [-0.05, 0) is 36.1 Å². The zero-order valence-electron chi connectivity index (χ0n) is 15.2. The second-order valence-electron chi connectivity index (χ2n) is 6.90. The molecule has 0 amide bonds. The number of aromatic nitrogens is 2. The standard InChI is InChI=1S/C21H19FN4O/c1-12-15-3-4-23-10-13(15)7-16-17-8-14(27-11-19-24-5-6-25-19)9-18(22)21(17)26(2)20(12)16/h3-4,7-10H,5-6,11H2,1-2H3,(H,24,25). The first-order chi connectivity index (χ1) is 13.1.